The van der Waals surface area contributed by atoms with E-state index in [1.165, 1.54) is 4.90 Å². The number of carbonyl (C=O) groups is 2. The summed E-state index contributed by atoms with van der Waals surface area (Å²) in [7, 11) is 0. The minimum Gasteiger partial charge on any atom is -0.323 e. The van der Waals surface area contributed by atoms with Gasteiger partial charge in [0.2, 0.25) is 0 Å². The predicted octanol–water partition coefficient (Wildman–Crippen LogP) is 3.49. The molecule has 1 aromatic carbocycles. The monoisotopic (exact) mass is 292 g/mol. The Bertz CT molecular complexity index is 551. The third kappa shape index (κ3) is 2.18. The van der Waals surface area contributed by atoms with Crippen LogP contribution in [0, 0.1) is 0 Å². The van der Waals surface area contributed by atoms with Crippen molar-refractivity contribution in [3.63, 3.8) is 0 Å². The average Bonchev–Trinajstić information content (AvgIpc) is 2.58. The van der Waals surface area contributed by atoms with E-state index in [-0.39, 0.29) is 11.9 Å². The van der Waals surface area contributed by atoms with Crippen LogP contribution >= 0.6 is 11.6 Å². The number of carbonyl (C=O) groups excluding carboxylic acids is 2. The maximum atomic E-state index is 12.8. The topological polar surface area (TPSA) is 49.4 Å². The van der Waals surface area contributed by atoms with Gasteiger partial charge in [-0.1, -0.05) is 43.4 Å². The Hall–Kier alpha value is -1.55. The molecule has 4 nitrogen and oxygen atoms in total. The Balaban J connectivity index is 1.94. The normalized spacial score (nSPS) is 21.9. The number of amides is 3. The van der Waals surface area contributed by atoms with Crippen LogP contribution in [0.2, 0.25) is 5.02 Å². The number of nitrogens with one attached hydrogen (secondary N) is 1. The summed E-state index contributed by atoms with van der Waals surface area (Å²) in [5.41, 5.74) is -0.156. The van der Waals surface area contributed by atoms with E-state index in [4.69, 9.17) is 11.6 Å². The van der Waals surface area contributed by atoms with Crippen molar-refractivity contribution in [2.45, 2.75) is 44.1 Å². The van der Waals surface area contributed by atoms with E-state index in [0.29, 0.717) is 10.7 Å². The van der Waals surface area contributed by atoms with Crippen LogP contribution in [0.15, 0.2) is 24.3 Å². The molecule has 1 aliphatic heterocycles. The fourth-order valence-corrected chi connectivity index (χ4v) is 3.33. The zero-order chi connectivity index (χ0) is 14.2. The van der Waals surface area contributed by atoms with E-state index in [2.05, 4.69) is 5.32 Å². The Labute approximate surface area is 123 Å². The molecule has 0 radical (unpaired) electrons. The minimum atomic E-state index is -0.699. The maximum Gasteiger partial charge on any atom is 0.329 e. The Morgan fingerprint density at radius 3 is 2.45 bits per heavy atom. The zero-order valence-corrected chi connectivity index (χ0v) is 11.9. The highest BCUT2D eigenvalue weighted by atomic mass is 35.5. The van der Waals surface area contributed by atoms with Crippen LogP contribution in [0.25, 0.3) is 0 Å². The van der Waals surface area contributed by atoms with Gasteiger partial charge in [0.25, 0.3) is 5.91 Å². The van der Waals surface area contributed by atoms with E-state index < -0.39 is 5.54 Å². The third-order valence-corrected chi connectivity index (χ3v) is 4.42. The molecule has 0 unspecified atom stereocenters. The first-order chi connectivity index (χ1) is 9.62. The lowest BCUT2D eigenvalue weighted by molar-refractivity contribution is -0.122. The molecule has 5 heteroatoms. The van der Waals surface area contributed by atoms with Crippen molar-refractivity contribution in [1.29, 1.82) is 0 Å². The molecule has 0 atom stereocenters. The number of urea groups is 1. The molecule has 1 N–H and O–H groups in total. The summed E-state index contributed by atoms with van der Waals surface area (Å²) in [6, 6.07) is 6.52. The van der Waals surface area contributed by atoms with Gasteiger partial charge < -0.3 is 5.32 Å². The Kier molecular flexibility index (Phi) is 3.42. The molecule has 0 bridgehead atoms. The number of hydrogen-bond donors (Lipinski definition) is 1. The van der Waals surface area contributed by atoms with Crippen LogP contribution < -0.4 is 10.2 Å². The van der Waals surface area contributed by atoms with E-state index in [0.717, 1.165) is 38.5 Å². The lowest BCUT2D eigenvalue weighted by Gasteiger charge is -2.24. The van der Waals surface area contributed by atoms with Gasteiger partial charge >= 0.3 is 6.03 Å². The lowest BCUT2D eigenvalue weighted by atomic mass is 9.90. The van der Waals surface area contributed by atoms with Crippen LogP contribution in [-0.2, 0) is 4.79 Å². The number of benzene rings is 1. The summed E-state index contributed by atoms with van der Waals surface area (Å²) in [5, 5.41) is 3.44. The highest BCUT2D eigenvalue weighted by Gasteiger charge is 2.51. The third-order valence-electron chi connectivity index (χ3n) is 4.19. The van der Waals surface area contributed by atoms with Crippen LogP contribution in [0.5, 0.6) is 0 Å². The maximum absolute atomic E-state index is 12.8. The molecule has 0 aromatic heterocycles. The second kappa shape index (κ2) is 5.09. The molecule has 1 aliphatic carbocycles. The molecule has 20 heavy (non-hydrogen) atoms. The molecule has 1 spiro atoms. The van der Waals surface area contributed by atoms with Crippen molar-refractivity contribution >= 4 is 29.2 Å². The molecule has 1 aromatic rings. The summed E-state index contributed by atoms with van der Waals surface area (Å²) >= 11 is 5.95. The molecule has 1 saturated heterocycles. The second-order valence-corrected chi connectivity index (χ2v) is 5.98. The first-order valence-electron chi connectivity index (χ1n) is 7.05. The van der Waals surface area contributed by atoms with E-state index in [1.807, 2.05) is 0 Å². The van der Waals surface area contributed by atoms with Crippen molar-refractivity contribution in [2.24, 2.45) is 0 Å². The lowest BCUT2D eigenvalue weighted by Crippen LogP contribution is -2.46. The minimum absolute atomic E-state index is 0.133. The van der Waals surface area contributed by atoms with Crippen LogP contribution in [0.4, 0.5) is 10.5 Å². The van der Waals surface area contributed by atoms with Gasteiger partial charge in [0, 0.05) is 5.02 Å². The fourth-order valence-electron chi connectivity index (χ4n) is 3.14. The van der Waals surface area contributed by atoms with Crippen LogP contribution in [0.1, 0.15) is 38.5 Å². The number of hydrogen-bond acceptors (Lipinski definition) is 2. The molecule has 1 saturated carbocycles. The quantitative estimate of drug-likeness (QED) is 0.806. The van der Waals surface area contributed by atoms with Gasteiger partial charge in [-0.2, -0.15) is 0 Å². The van der Waals surface area contributed by atoms with Gasteiger partial charge in [0.1, 0.15) is 5.54 Å². The largest absolute Gasteiger partial charge is 0.329 e. The van der Waals surface area contributed by atoms with Gasteiger partial charge in [0.15, 0.2) is 0 Å². The summed E-state index contributed by atoms with van der Waals surface area (Å²) in [4.78, 5) is 26.2. The number of halogens is 1. The van der Waals surface area contributed by atoms with Crippen LogP contribution in [-0.4, -0.2) is 17.5 Å². The standard InChI is InChI=1S/C15H17ClN2O2/c16-11-6-5-7-12(10-11)18-13(19)15(17-14(18)20)8-3-1-2-4-9-15/h5-7,10H,1-4,8-9H2,(H,17,20). The fraction of sp³-hybridized carbons (Fsp3) is 0.467. The van der Waals surface area contributed by atoms with Gasteiger partial charge in [-0.3, -0.25) is 4.79 Å². The first-order valence-corrected chi connectivity index (χ1v) is 7.42. The number of rotatable bonds is 1. The summed E-state index contributed by atoms with van der Waals surface area (Å²) in [5.74, 6) is -0.133. The van der Waals surface area contributed by atoms with E-state index in [9.17, 15) is 9.59 Å². The van der Waals surface area contributed by atoms with E-state index in [1.54, 1.807) is 24.3 Å². The van der Waals surface area contributed by atoms with Gasteiger partial charge in [-0.25, -0.2) is 9.69 Å². The summed E-state index contributed by atoms with van der Waals surface area (Å²) in [6.45, 7) is 0. The Morgan fingerprint density at radius 1 is 1.10 bits per heavy atom. The number of anilines is 1. The summed E-state index contributed by atoms with van der Waals surface area (Å²) < 4.78 is 0. The number of nitrogens with zero attached hydrogens (tertiary/aromatic N) is 1. The zero-order valence-electron chi connectivity index (χ0n) is 11.2. The van der Waals surface area contributed by atoms with Crippen molar-refractivity contribution in [3.8, 4) is 0 Å². The first kappa shape index (κ1) is 13.4. The highest BCUT2D eigenvalue weighted by molar-refractivity contribution is 6.31. The van der Waals surface area contributed by atoms with Crippen LogP contribution in [0.3, 0.4) is 0 Å². The molecular formula is C15H17ClN2O2. The molecule has 1 heterocycles. The summed E-state index contributed by atoms with van der Waals surface area (Å²) in [6.07, 6.45) is 5.68. The van der Waals surface area contributed by atoms with Crippen molar-refractivity contribution in [1.82, 2.24) is 5.32 Å². The van der Waals surface area contributed by atoms with Gasteiger partial charge in [-0.05, 0) is 31.0 Å². The molecule has 2 aliphatic rings. The molecule has 3 amide bonds. The van der Waals surface area contributed by atoms with Gasteiger partial charge in [-0.15, -0.1) is 0 Å². The SMILES string of the molecule is O=C1NC2(CCCCCC2)C(=O)N1c1cccc(Cl)c1. The highest BCUT2D eigenvalue weighted by Crippen LogP contribution is 2.35. The average molecular weight is 293 g/mol. The molecule has 3 rings (SSSR count). The van der Waals surface area contributed by atoms with Crippen molar-refractivity contribution in [2.75, 3.05) is 4.90 Å². The molecule has 2 fully saturated rings. The molecular weight excluding hydrogens is 276 g/mol. The number of imide groups is 1. The molecule has 106 valence electrons. The second-order valence-electron chi connectivity index (χ2n) is 5.55. The van der Waals surface area contributed by atoms with Crippen molar-refractivity contribution in [3.05, 3.63) is 29.3 Å². The Morgan fingerprint density at radius 2 is 1.80 bits per heavy atom. The predicted molar refractivity (Wildman–Crippen MR) is 77.9 cm³/mol. The van der Waals surface area contributed by atoms with Gasteiger partial charge in [0.05, 0.1) is 5.69 Å². The van der Waals surface area contributed by atoms with Crippen molar-refractivity contribution < 1.29 is 9.59 Å². The smallest absolute Gasteiger partial charge is 0.323 e. The van der Waals surface area contributed by atoms with E-state index >= 15 is 0 Å².